The van der Waals surface area contributed by atoms with E-state index in [1.807, 2.05) is 54.6 Å². The number of hydrogen-bond donors (Lipinski definition) is 2. The molecule has 2 aromatic carbocycles. The van der Waals surface area contributed by atoms with Gasteiger partial charge in [-0.25, -0.2) is 0 Å². The number of fused-ring (bicyclic) bond motifs is 1. The van der Waals surface area contributed by atoms with Crippen LogP contribution in [0.1, 0.15) is 41.1 Å². The molecule has 31 heavy (non-hydrogen) atoms. The number of rotatable bonds is 6. The normalized spacial score (nSPS) is 16.3. The highest BCUT2D eigenvalue weighted by molar-refractivity contribution is 7.17. The lowest BCUT2D eigenvalue weighted by molar-refractivity contribution is -0.122. The number of thiophene rings is 1. The van der Waals surface area contributed by atoms with Gasteiger partial charge in [-0.3, -0.25) is 9.59 Å². The van der Waals surface area contributed by atoms with Crippen molar-refractivity contribution in [2.24, 2.45) is 11.7 Å². The van der Waals surface area contributed by atoms with E-state index in [9.17, 15) is 9.59 Å². The second-order valence-corrected chi connectivity index (χ2v) is 9.17. The fourth-order valence-electron chi connectivity index (χ4n) is 3.93. The highest BCUT2D eigenvalue weighted by atomic mass is 32.1. The van der Waals surface area contributed by atoms with Crippen molar-refractivity contribution in [3.8, 4) is 16.9 Å². The van der Waals surface area contributed by atoms with Crippen LogP contribution in [0.15, 0.2) is 54.6 Å². The minimum Gasteiger partial charge on any atom is -0.481 e. The van der Waals surface area contributed by atoms with Gasteiger partial charge in [0.15, 0.2) is 6.10 Å². The van der Waals surface area contributed by atoms with Crippen LogP contribution in [0.4, 0.5) is 5.00 Å². The van der Waals surface area contributed by atoms with Crippen molar-refractivity contribution in [3.05, 3.63) is 70.6 Å². The maximum atomic E-state index is 12.8. The van der Waals surface area contributed by atoms with Gasteiger partial charge in [-0.1, -0.05) is 49.4 Å². The lowest BCUT2D eigenvalue weighted by atomic mass is 9.88. The van der Waals surface area contributed by atoms with Gasteiger partial charge in [-0.15, -0.1) is 11.3 Å². The summed E-state index contributed by atoms with van der Waals surface area (Å²) in [7, 11) is 0. The van der Waals surface area contributed by atoms with E-state index in [1.165, 1.54) is 11.3 Å². The molecule has 160 valence electrons. The van der Waals surface area contributed by atoms with Crippen molar-refractivity contribution in [2.75, 3.05) is 5.32 Å². The Morgan fingerprint density at radius 1 is 1.10 bits per heavy atom. The topological polar surface area (TPSA) is 81.4 Å². The highest BCUT2D eigenvalue weighted by Crippen LogP contribution is 2.39. The van der Waals surface area contributed by atoms with Crippen molar-refractivity contribution in [3.63, 3.8) is 0 Å². The van der Waals surface area contributed by atoms with E-state index in [0.29, 0.717) is 22.2 Å². The van der Waals surface area contributed by atoms with E-state index in [1.54, 1.807) is 6.92 Å². The summed E-state index contributed by atoms with van der Waals surface area (Å²) in [6.07, 6.45) is 2.04. The SMILES string of the molecule is CC1CCc2c(sc(NC(=O)C(C)Oc3ccc(-c4ccccc4)cc3)c2C(N)=O)C1. The van der Waals surface area contributed by atoms with Gasteiger partial charge in [0.2, 0.25) is 0 Å². The zero-order valence-corrected chi connectivity index (χ0v) is 18.5. The number of hydrogen-bond acceptors (Lipinski definition) is 4. The van der Waals surface area contributed by atoms with Crippen molar-refractivity contribution in [1.29, 1.82) is 0 Å². The molecule has 1 heterocycles. The van der Waals surface area contributed by atoms with Crippen molar-refractivity contribution in [1.82, 2.24) is 0 Å². The van der Waals surface area contributed by atoms with Crippen LogP contribution in [0.2, 0.25) is 0 Å². The van der Waals surface area contributed by atoms with Crippen molar-refractivity contribution >= 4 is 28.2 Å². The molecule has 0 spiro atoms. The lowest BCUT2D eigenvalue weighted by Gasteiger charge is -2.18. The summed E-state index contributed by atoms with van der Waals surface area (Å²) in [6, 6.07) is 17.7. The number of nitrogens with two attached hydrogens (primary N) is 1. The van der Waals surface area contributed by atoms with E-state index in [2.05, 4.69) is 12.2 Å². The Morgan fingerprint density at radius 3 is 2.45 bits per heavy atom. The molecule has 0 fully saturated rings. The maximum Gasteiger partial charge on any atom is 0.265 e. The van der Waals surface area contributed by atoms with Crippen LogP contribution in [-0.2, 0) is 17.6 Å². The van der Waals surface area contributed by atoms with Gasteiger partial charge in [-0.2, -0.15) is 0 Å². The third-order valence-corrected chi connectivity index (χ3v) is 6.81. The van der Waals surface area contributed by atoms with Crippen LogP contribution in [0.25, 0.3) is 11.1 Å². The second-order valence-electron chi connectivity index (χ2n) is 8.06. The quantitative estimate of drug-likeness (QED) is 0.570. The predicted octanol–water partition coefficient (Wildman–Crippen LogP) is 5.04. The van der Waals surface area contributed by atoms with Gasteiger partial charge >= 0.3 is 0 Å². The van der Waals surface area contributed by atoms with Crippen LogP contribution >= 0.6 is 11.3 Å². The van der Waals surface area contributed by atoms with Crippen molar-refractivity contribution in [2.45, 2.75) is 39.2 Å². The summed E-state index contributed by atoms with van der Waals surface area (Å²) in [5, 5.41) is 3.41. The molecule has 6 heteroatoms. The molecule has 0 saturated carbocycles. The Hall–Kier alpha value is -3.12. The van der Waals surface area contributed by atoms with E-state index in [4.69, 9.17) is 10.5 Å². The Bertz CT molecular complexity index is 1090. The molecule has 2 amide bonds. The van der Waals surface area contributed by atoms with E-state index < -0.39 is 12.0 Å². The fraction of sp³-hybridized carbons (Fsp3) is 0.280. The summed E-state index contributed by atoms with van der Waals surface area (Å²) in [5.41, 5.74) is 9.29. The van der Waals surface area contributed by atoms with Crippen molar-refractivity contribution < 1.29 is 14.3 Å². The van der Waals surface area contributed by atoms with Gasteiger partial charge in [0, 0.05) is 4.88 Å². The average molecular weight is 435 g/mol. The minimum absolute atomic E-state index is 0.304. The predicted molar refractivity (Wildman–Crippen MR) is 125 cm³/mol. The average Bonchev–Trinajstić information content (AvgIpc) is 3.11. The Kier molecular flexibility index (Phi) is 6.09. The molecule has 5 nitrogen and oxygen atoms in total. The molecule has 2 unspecified atom stereocenters. The minimum atomic E-state index is -0.721. The number of amides is 2. The molecule has 1 aromatic heterocycles. The van der Waals surface area contributed by atoms with Crippen LogP contribution in [-0.4, -0.2) is 17.9 Å². The molecule has 1 aliphatic rings. The molecule has 0 aliphatic heterocycles. The summed E-state index contributed by atoms with van der Waals surface area (Å²) in [4.78, 5) is 26.0. The molecule has 0 radical (unpaired) electrons. The van der Waals surface area contributed by atoms with E-state index >= 15 is 0 Å². The first-order valence-electron chi connectivity index (χ1n) is 10.5. The van der Waals surface area contributed by atoms with Gasteiger partial charge in [-0.05, 0) is 60.9 Å². The Morgan fingerprint density at radius 2 is 1.77 bits per heavy atom. The standard InChI is InChI=1S/C25H26N2O3S/c1-15-8-13-20-21(14-15)31-25(22(20)23(26)28)27-24(29)16(2)30-19-11-9-18(10-12-19)17-6-4-3-5-7-17/h3-7,9-12,15-16H,8,13-14H2,1-2H3,(H2,26,28)(H,27,29). The van der Waals surface area contributed by atoms with E-state index in [0.717, 1.165) is 40.8 Å². The third-order valence-electron chi connectivity index (χ3n) is 5.64. The third kappa shape index (κ3) is 4.64. The molecule has 3 N–H and O–H groups in total. The zero-order valence-electron chi connectivity index (χ0n) is 17.7. The van der Waals surface area contributed by atoms with Crippen LogP contribution < -0.4 is 15.8 Å². The van der Waals surface area contributed by atoms with Gasteiger partial charge in [0.1, 0.15) is 10.8 Å². The molecular weight excluding hydrogens is 408 g/mol. The number of benzene rings is 2. The number of ether oxygens (including phenoxy) is 1. The summed E-state index contributed by atoms with van der Waals surface area (Å²) < 4.78 is 5.84. The fourth-order valence-corrected chi connectivity index (χ4v) is 5.35. The van der Waals surface area contributed by atoms with Crippen LogP contribution in [0.5, 0.6) is 5.75 Å². The highest BCUT2D eigenvalue weighted by Gasteiger charge is 2.28. The summed E-state index contributed by atoms with van der Waals surface area (Å²) in [5.74, 6) is 0.377. The molecule has 2 atom stereocenters. The first kappa shape index (κ1) is 21.1. The number of primary amides is 1. The summed E-state index contributed by atoms with van der Waals surface area (Å²) in [6.45, 7) is 3.89. The van der Waals surface area contributed by atoms with Gasteiger partial charge in [0.05, 0.1) is 5.56 Å². The number of nitrogens with one attached hydrogen (secondary N) is 1. The Balaban J connectivity index is 1.45. The first-order chi connectivity index (χ1) is 14.9. The molecule has 0 bridgehead atoms. The van der Waals surface area contributed by atoms with Crippen LogP contribution in [0.3, 0.4) is 0 Å². The lowest BCUT2D eigenvalue weighted by Crippen LogP contribution is -2.30. The van der Waals surface area contributed by atoms with Crippen LogP contribution in [0, 0.1) is 5.92 Å². The molecule has 4 rings (SSSR count). The van der Waals surface area contributed by atoms with E-state index in [-0.39, 0.29) is 5.91 Å². The zero-order chi connectivity index (χ0) is 22.0. The number of carbonyl (C=O) groups is 2. The second kappa shape index (κ2) is 8.94. The molecule has 0 saturated heterocycles. The number of anilines is 1. The maximum absolute atomic E-state index is 12.8. The first-order valence-corrected chi connectivity index (χ1v) is 11.3. The van der Waals surface area contributed by atoms with Gasteiger partial charge in [0.25, 0.3) is 11.8 Å². The summed E-state index contributed by atoms with van der Waals surface area (Å²) >= 11 is 1.46. The molecular formula is C25H26N2O3S. The molecule has 3 aromatic rings. The van der Waals surface area contributed by atoms with Gasteiger partial charge < -0.3 is 15.8 Å². The monoisotopic (exact) mass is 434 g/mol. The largest absolute Gasteiger partial charge is 0.481 e. The Labute approximate surface area is 186 Å². The number of carbonyl (C=O) groups excluding carboxylic acids is 2. The smallest absolute Gasteiger partial charge is 0.265 e. The molecule has 1 aliphatic carbocycles.